The second-order valence-corrected chi connectivity index (χ2v) is 18.0. The summed E-state index contributed by atoms with van der Waals surface area (Å²) in [7, 11) is 0. The van der Waals surface area contributed by atoms with Gasteiger partial charge >= 0.3 is 5.97 Å². The molecule has 0 aromatic heterocycles. The van der Waals surface area contributed by atoms with Gasteiger partial charge in [0.05, 0.1) is 0 Å². The van der Waals surface area contributed by atoms with Crippen molar-refractivity contribution in [3.8, 4) is 0 Å². The maximum Gasteiger partial charge on any atom is 0.306 e. The third-order valence-electron chi connectivity index (χ3n) is 15.3. The first-order valence-electron chi connectivity index (χ1n) is 18.6. The van der Waals surface area contributed by atoms with E-state index in [1.54, 1.807) is 0 Å². The first kappa shape index (κ1) is 33.2. The van der Waals surface area contributed by atoms with E-state index in [0.717, 1.165) is 44.4 Å². The van der Waals surface area contributed by atoms with Gasteiger partial charge in [-0.2, -0.15) is 0 Å². The zero-order chi connectivity index (χ0) is 31.4. The van der Waals surface area contributed by atoms with Crippen molar-refractivity contribution in [3.63, 3.8) is 0 Å². The van der Waals surface area contributed by atoms with E-state index < -0.39 is 0 Å². The Morgan fingerprint density at radius 3 is 2.21 bits per heavy atom. The molecule has 244 valence electrons. The fraction of sp³-hybridized carbons (Fsp3) is 0.900. The highest BCUT2D eigenvalue weighted by molar-refractivity contribution is 5.95. The predicted octanol–water partition coefficient (Wildman–Crippen LogP) is 10.9. The van der Waals surface area contributed by atoms with Gasteiger partial charge in [-0.25, -0.2) is 0 Å². The number of ketones is 1. The molecule has 4 saturated carbocycles. The van der Waals surface area contributed by atoms with Crippen molar-refractivity contribution in [2.75, 3.05) is 0 Å². The topological polar surface area (TPSA) is 43.4 Å². The fourth-order valence-corrected chi connectivity index (χ4v) is 12.3. The van der Waals surface area contributed by atoms with E-state index >= 15 is 0 Å². The number of unbranched alkanes of at least 4 members (excludes halogenated alkanes) is 6. The van der Waals surface area contributed by atoms with Gasteiger partial charge in [0.1, 0.15) is 6.10 Å². The molecule has 0 bridgehead atoms. The van der Waals surface area contributed by atoms with Crippen LogP contribution in [-0.4, -0.2) is 17.9 Å². The van der Waals surface area contributed by atoms with Crippen LogP contribution in [0, 0.1) is 56.7 Å². The van der Waals surface area contributed by atoms with E-state index in [9.17, 15) is 9.59 Å². The molecule has 0 radical (unpaired) electrons. The Bertz CT molecular complexity index is 1090. The number of rotatable bonds is 9. The lowest BCUT2D eigenvalue weighted by Gasteiger charge is -2.70. The van der Waals surface area contributed by atoms with Gasteiger partial charge in [-0.1, -0.05) is 106 Å². The number of esters is 1. The molecule has 3 nitrogen and oxygen atoms in total. The van der Waals surface area contributed by atoms with Gasteiger partial charge in [-0.05, 0) is 109 Å². The summed E-state index contributed by atoms with van der Waals surface area (Å²) in [5, 5.41) is 0. The van der Waals surface area contributed by atoms with Crippen molar-refractivity contribution in [2.45, 2.75) is 171 Å². The second kappa shape index (κ2) is 11.9. The summed E-state index contributed by atoms with van der Waals surface area (Å²) >= 11 is 0. The summed E-state index contributed by atoms with van der Waals surface area (Å²) in [5.74, 6) is 2.73. The average Bonchev–Trinajstić information content (AvgIpc) is 2.93. The molecule has 0 aliphatic heterocycles. The molecule has 0 N–H and O–H groups in total. The monoisotopic (exact) mass is 595 g/mol. The number of hydrogen-bond acceptors (Lipinski definition) is 3. The molecule has 10 atom stereocenters. The summed E-state index contributed by atoms with van der Waals surface area (Å²) in [6.45, 7) is 21.9. The molecule has 0 heterocycles. The zero-order valence-electron chi connectivity index (χ0n) is 29.6. The Kier molecular flexibility index (Phi) is 9.21. The molecule has 0 saturated heterocycles. The zero-order valence-corrected chi connectivity index (χ0v) is 29.6. The molecular weight excluding hydrogens is 528 g/mol. The molecule has 0 aromatic rings. The van der Waals surface area contributed by atoms with Crippen LogP contribution in [0.1, 0.15) is 165 Å². The number of ether oxygens (including phenoxy) is 1. The Morgan fingerprint density at radius 2 is 1.51 bits per heavy atom. The first-order valence-corrected chi connectivity index (χ1v) is 18.6. The van der Waals surface area contributed by atoms with E-state index in [-0.39, 0.29) is 39.7 Å². The summed E-state index contributed by atoms with van der Waals surface area (Å²) in [6, 6.07) is 0. The van der Waals surface area contributed by atoms with Crippen molar-refractivity contribution in [1.29, 1.82) is 0 Å². The summed E-state index contributed by atoms with van der Waals surface area (Å²) in [5.41, 5.74) is 1.73. The SMILES string of the molecule is CCCCCCCCCC(=O)OC1CCC2(C)C(CCC3(C)C2C(=O)C=C2C4C(C)C(C)CCC4(C)CCC23C)C1(C)C. The third-order valence-corrected chi connectivity index (χ3v) is 15.3. The van der Waals surface area contributed by atoms with Crippen molar-refractivity contribution in [3.05, 3.63) is 11.6 Å². The minimum Gasteiger partial charge on any atom is -0.462 e. The molecule has 5 aliphatic rings. The molecule has 4 fully saturated rings. The van der Waals surface area contributed by atoms with Gasteiger partial charge in [0.2, 0.25) is 0 Å². The predicted molar refractivity (Wildman–Crippen MR) is 178 cm³/mol. The lowest BCUT2D eigenvalue weighted by molar-refractivity contribution is -0.211. The van der Waals surface area contributed by atoms with Crippen LogP contribution in [0.2, 0.25) is 0 Å². The molecule has 5 rings (SSSR count). The van der Waals surface area contributed by atoms with Crippen LogP contribution in [0.25, 0.3) is 0 Å². The summed E-state index contributed by atoms with van der Waals surface area (Å²) in [6.07, 6.45) is 20.4. The minimum absolute atomic E-state index is 0.00852. The fourth-order valence-electron chi connectivity index (χ4n) is 12.3. The van der Waals surface area contributed by atoms with Crippen LogP contribution in [0.5, 0.6) is 0 Å². The van der Waals surface area contributed by atoms with Crippen molar-refractivity contribution in [1.82, 2.24) is 0 Å². The molecule has 10 unspecified atom stereocenters. The Hall–Kier alpha value is -1.12. The molecule has 0 amide bonds. The number of hydrogen-bond donors (Lipinski definition) is 0. The van der Waals surface area contributed by atoms with E-state index in [4.69, 9.17) is 4.74 Å². The lowest BCUT2D eigenvalue weighted by Crippen LogP contribution is -2.67. The van der Waals surface area contributed by atoms with Crippen LogP contribution < -0.4 is 0 Å². The average molecular weight is 595 g/mol. The van der Waals surface area contributed by atoms with Crippen molar-refractivity contribution in [2.24, 2.45) is 56.7 Å². The smallest absolute Gasteiger partial charge is 0.306 e. The number of carbonyl (C=O) groups excluding carboxylic acids is 2. The molecule has 43 heavy (non-hydrogen) atoms. The number of allylic oxidation sites excluding steroid dienone is 2. The van der Waals surface area contributed by atoms with Crippen molar-refractivity contribution < 1.29 is 14.3 Å². The van der Waals surface area contributed by atoms with Crippen LogP contribution >= 0.6 is 0 Å². The van der Waals surface area contributed by atoms with E-state index in [1.165, 1.54) is 63.4 Å². The van der Waals surface area contributed by atoms with Gasteiger partial charge in [0.15, 0.2) is 5.78 Å². The van der Waals surface area contributed by atoms with Crippen LogP contribution in [-0.2, 0) is 14.3 Å². The molecule has 3 heteroatoms. The summed E-state index contributed by atoms with van der Waals surface area (Å²) < 4.78 is 6.30. The maximum atomic E-state index is 14.6. The van der Waals surface area contributed by atoms with Crippen LogP contribution in [0.4, 0.5) is 0 Å². The number of carbonyl (C=O) groups is 2. The Morgan fingerprint density at radius 1 is 0.837 bits per heavy atom. The Balaban J connectivity index is 1.34. The highest BCUT2D eigenvalue weighted by Crippen LogP contribution is 2.75. The summed E-state index contributed by atoms with van der Waals surface area (Å²) in [4.78, 5) is 27.6. The van der Waals surface area contributed by atoms with Gasteiger partial charge in [0.25, 0.3) is 0 Å². The molecule has 0 spiro atoms. The van der Waals surface area contributed by atoms with E-state index in [2.05, 4.69) is 68.4 Å². The van der Waals surface area contributed by atoms with Gasteiger partial charge < -0.3 is 4.74 Å². The highest BCUT2D eigenvalue weighted by Gasteiger charge is 2.70. The quantitative estimate of drug-likeness (QED) is 0.197. The minimum atomic E-state index is -0.131. The molecule has 0 aromatic carbocycles. The molecule has 5 aliphatic carbocycles. The van der Waals surface area contributed by atoms with Gasteiger partial charge in [0, 0.05) is 17.8 Å². The lowest BCUT2D eigenvalue weighted by atomic mass is 9.33. The van der Waals surface area contributed by atoms with Crippen LogP contribution in [0.15, 0.2) is 11.6 Å². The largest absolute Gasteiger partial charge is 0.462 e. The maximum absolute atomic E-state index is 14.6. The standard InChI is InChI=1S/C40H66O3/c1-10-11-12-13-14-15-16-17-33(42)43-32-20-22-38(7)31(36(32,4)5)19-23-40(9)35(38)30(41)26-29-34-28(3)27(2)18-21-37(34,6)24-25-39(29,40)8/h26-28,31-32,34-35H,10-25H2,1-9H3. The van der Waals surface area contributed by atoms with E-state index in [1.807, 2.05) is 0 Å². The normalized spacial score (nSPS) is 45.2. The molecular formula is C40H66O3. The Labute approximate surface area is 265 Å². The first-order chi connectivity index (χ1) is 20.2. The third kappa shape index (κ3) is 5.31. The highest BCUT2D eigenvalue weighted by atomic mass is 16.5. The van der Waals surface area contributed by atoms with Gasteiger partial charge in [-0.15, -0.1) is 0 Å². The van der Waals surface area contributed by atoms with E-state index in [0.29, 0.717) is 35.4 Å². The van der Waals surface area contributed by atoms with Crippen LogP contribution in [0.3, 0.4) is 0 Å². The van der Waals surface area contributed by atoms with Crippen molar-refractivity contribution >= 4 is 11.8 Å². The van der Waals surface area contributed by atoms with Gasteiger partial charge in [-0.3, -0.25) is 9.59 Å². The second-order valence-electron chi connectivity index (χ2n) is 18.0. The number of fused-ring (bicyclic) bond motifs is 7.